The predicted molar refractivity (Wildman–Crippen MR) is 127 cm³/mol. The molecule has 1 aliphatic rings. The number of ether oxygens (including phenoxy) is 1. The summed E-state index contributed by atoms with van der Waals surface area (Å²) in [4.78, 5) is 14.6. The molecule has 1 fully saturated rings. The summed E-state index contributed by atoms with van der Waals surface area (Å²) < 4.78 is 9.00. The van der Waals surface area contributed by atoms with E-state index in [1.54, 1.807) is 23.2 Å². The molecule has 2 heterocycles. The number of hydrogen-bond donors (Lipinski definition) is 2. The molecule has 3 aromatic rings. The third-order valence-electron chi connectivity index (χ3n) is 6.63. The number of aryl methyl sites for hydroxylation is 2. The fourth-order valence-electron chi connectivity index (χ4n) is 4.63. The molecule has 4 rings (SSSR count). The van der Waals surface area contributed by atoms with Gasteiger partial charge in [0.2, 0.25) is 0 Å². The molecular weight excluding hydrogens is 404 g/mol. The fourth-order valence-corrected chi connectivity index (χ4v) is 4.63. The van der Waals surface area contributed by atoms with E-state index in [4.69, 9.17) is 4.74 Å². The Morgan fingerprint density at radius 2 is 1.88 bits per heavy atom. The van der Waals surface area contributed by atoms with Crippen molar-refractivity contribution in [2.24, 2.45) is 14.1 Å². The van der Waals surface area contributed by atoms with Crippen LogP contribution in [0.1, 0.15) is 37.0 Å². The van der Waals surface area contributed by atoms with Crippen LogP contribution in [-0.2, 0) is 20.6 Å². The van der Waals surface area contributed by atoms with E-state index in [0.717, 1.165) is 42.0 Å². The van der Waals surface area contributed by atoms with E-state index in [2.05, 4.69) is 29.3 Å². The molecule has 2 atom stereocenters. The first-order valence-electron chi connectivity index (χ1n) is 11.5. The summed E-state index contributed by atoms with van der Waals surface area (Å²) in [6.45, 7) is 6.59. The van der Waals surface area contributed by atoms with Gasteiger partial charge < -0.3 is 15.2 Å². The number of hydrogen-bond acceptors (Lipinski definition) is 5. The lowest BCUT2D eigenvalue weighted by atomic mass is 10.1. The quantitative estimate of drug-likeness (QED) is 0.537. The van der Waals surface area contributed by atoms with Gasteiger partial charge in [-0.25, -0.2) is 4.79 Å². The van der Waals surface area contributed by atoms with Gasteiger partial charge in [0, 0.05) is 33.2 Å². The monoisotopic (exact) mass is 438 g/mol. The summed E-state index contributed by atoms with van der Waals surface area (Å²) in [7, 11) is 3.49. The first-order valence-corrected chi connectivity index (χ1v) is 11.5. The normalized spacial score (nSPS) is 17.8. The maximum atomic E-state index is 12.1. The molecule has 1 aliphatic heterocycles. The number of imidazole rings is 1. The lowest BCUT2D eigenvalue weighted by molar-refractivity contribution is 0.108. The van der Waals surface area contributed by atoms with Crippen LogP contribution in [0.3, 0.4) is 0 Å². The summed E-state index contributed by atoms with van der Waals surface area (Å²) in [6, 6.07) is 14.2. The van der Waals surface area contributed by atoms with E-state index in [1.165, 1.54) is 24.9 Å². The zero-order chi connectivity index (χ0) is 22.7. The Morgan fingerprint density at radius 3 is 2.62 bits per heavy atom. The maximum Gasteiger partial charge on any atom is 0.328 e. The highest BCUT2D eigenvalue weighted by Gasteiger charge is 2.22. The smallest absolute Gasteiger partial charge is 0.328 e. The molecule has 0 amide bonds. The summed E-state index contributed by atoms with van der Waals surface area (Å²) >= 11 is 0. The number of aliphatic hydroxyl groups is 1. The van der Waals surface area contributed by atoms with Crippen molar-refractivity contribution in [3.8, 4) is 5.75 Å². The topological polar surface area (TPSA) is 71.7 Å². The van der Waals surface area contributed by atoms with E-state index in [9.17, 15) is 9.90 Å². The van der Waals surface area contributed by atoms with Gasteiger partial charge in [-0.05, 0) is 61.3 Å². The van der Waals surface area contributed by atoms with Crippen molar-refractivity contribution in [2.45, 2.75) is 38.5 Å². The van der Waals surface area contributed by atoms with Crippen LogP contribution in [0.5, 0.6) is 5.75 Å². The lowest BCUT2D eigenvalue weighted by Crippen LogP contribution is -2.37. The molecule has 7 nitrogen and oxygen atoms in total. The highest BCUT2D eigenvalue weighted by atomic mass is 16.5. The maximum absolute atomic E-state index is 12.1. The number of fused-ring (bicyclic) bond motifs is 1. The van der Waals surface area contributed by atoms with E-state index >= 15 is 0 Å². The average molecular weight is 439 g/mol. The number of benzene rings is 2. The Hall–Kier alpha value is -2.61. The fraction of sp³-hybridized carbons (Fsp3) is 0.480. The highest BCUT2D eigenvalue weighted by Crippen LogP contribution is 2.21. The Balaban J connectivity index is 1.29. The van der Waals surface area contributed by atoms with Gasteiger partial charge >= 0.3 is 5.69 Å². The van der Waals surface area contributed by atoms with Crippen LogP contribution in [-0.4, -0.2) is 51.4 Å². The molecular formula is C25H34N4O3. The van der Waals surface area contributed by atoms with Crippen LogP contribution in [0.4, 0.5) is 0 Å². The molecule has 32 heavy (non-hydrogen) atoms. The lowest BCUT2D eigenvalue weighted by Gasteiger charge is -2.23. The molecule has 0 saturated carbocycles. The first-order chi connectivity index (χ1) is 15.5. The van der Waals surface area contributed by atoms with E-state index in [0.29, 0.717) is 6.04 Å². The van der Waals surface area contributed by atoms with Gasteiger partial charge in [0.1, 0.15) is 18.5 Å². The minimum Gasteiger partial charge on any atom is -0.491 e. The zero-order valence-corrected chi connectivity index (χ0v) is 19.3. The van der Waals surface area contributed by atoms with Crippen molar-refractivity contribution in [1.29, 1.82) is 0 Å². The van der Waals surface area contributed by atoms with Crippen molar-refractivity contribution in [1.82, 2.24) is 19.4 Å². The zero-order valence-electron chi connectivity index (χ0n) is 19.3. The minimum atomic E-state index is -0.774. The van der Waals surface area contributed by atoms with Gasteiger partial charge in [-0.2, -0.15) is 0 Å². The van der Waals surface area contributed by atoms with Crippen LogP contribution >= 0.6 is 0 Å². The third-order valence-corrected chi connectivity index (χ3v) is 6.63. The molecule has 0 aliphatic carbocycles. The van der Waals surface area contributed by atoms with Crippen molar-refractivity contribution < 1.29 is 9.84 Å². The molecule has 172 valence electrons. The third kappa shape index (κ3) is 4.75. The number of likely N-dealkylation sites (N-methyl/N-ethyl adjacent to an activating group) is 1. The first kappa shape index (κ1) is 22.6. The molecule has 0 radical (unpaired) electrons. The van der Waals surface area contributed by atoms with Crippen LogP contribution in [0, 0.1) is 0 Å². The second kappa shape index (κ2) is 9.90. The molecule has 2 N–H and O–H groups in total. The molecule has 2 unspecified atom stereocenters. The molecule has 1 saturated heterocycles. The van der Waals surface area contributed by atoms with Crippen LogP contribution < -0.4 is 15.7 Å². The van der Waals surface area contributed by atoms with Crippen molar-refractivity contribution in [3.63, 3.8) is 0 Å². The summed E-state index contributed by atoms with van der Waals surface area (Å²) in [5, 5.41) is 14.2. The minimum absolute atomic E-state index is 0.0802. The second-order valence-corrected chi connectivity index (χ2v) is 8.68. The second-order valence-electron chi connectivity index (χ2n) is 8.68. The largest absolute Gasteiger partial charge is 0.491 e. The Kier molecular flexibility index (Phi) is 6.98. The Bertz CT molecular complexity index is 1100. The van der Waals surface area contributed by atoms with Gasteiger partial charge in [-0.15, -0.1) is 0 Å². The molecule has 0 bridgehead atoms. The number of nitrogens with zero attached hydrogens (tertiary/aromatic N) is 3. The highest BCUT2D eigenvalue weighted by molar-refractivity contribution is 5.76. The molecule has 2 aromatic carbocycles. The summed E-state index contributed by atoms with van der Waals surface area (Å²) in [5.41, 5.74) is 3.50. The van der Waals surface area contributed by atoms with Gasteiger partial charge in [0.05, 0.1) is 11.0 Å². The number of aromatic nitrogens is 2. The molecule has 7 heteroatoms. The Morgan fingerprint density at radius 1 is 1.12 bits per heavy atom. The van der Waals surface area contributed by atoms with E-state index in [-0.39, 0.29) is 12.3 Å². The summed E-state index contributed by atoms with van der Waals surface area (Å²) in [6.07, 6.45) is 1.81. The van der Waals surface area contributed by atoms with Crippen molar-refractivity contribution >= 4 is 11.0 Å². The van der Waals surface area contributed by atoms with Crippen molar-refractivity contribution in [3.05, 3.63) is 64.1 Å². The number of rotatable bonds is 9. The number of nitrogens with one attached hydrogen (secondary N) is 1. The standard InChI is InChI=1S/C25H34N4O3/c1-4-29-13-5-6-20(29)16-26-15-18-7-10-21(11-8-18)32-17-24(30)19-9-12-22-23(14-19)28(3)25(31)27(22)2/h7-12,14,20,24,26,30H,4-6,13,15-17H2,1-3H3. The van der Waals surface area contributed by atoms with Crippen molar-refractivity contribution in [2.75, 3.05) is 26.2 Å². The molecule has 1 aromatic heterocycles. The van der Waals surface area contributed by atoms with E-state index in [1.807, 2.05) is 30.3 Å². The van der Waals surface area contributed by atoms with Gasteiger partial charge in [0.15, 0.2) is 0 Å². The van der Waals surface area contributed by atoms with Crippen LogP contribution in [0.15, 0.2) is 47.3 Å². The van der Waals surface area contributed by atoms with Gasteiger partial charge in [-0.1, -0.05) is 25.1 Å². The van der Waals surface area contributed by atoms with Crippen LogP contribution in [0.25, 0.3) is 11.0 Å². The average Bonchev–Trinajstić information content (AvgIpc) is 3.36. The SMILES string of the molecule is CCN1CCCC1CNCc1ccc(OCC(O)c2ccc3c(c2)n(C)c(=O)n3C)cc1. The van der Waals surface area contributed by atoms with Gasteiger partial charge in [0.25, 0.3) is 0 Å². The predicted octanol–water partition coefficient (Wildman–Crippen LogP) is 2.56. The number of aliphatic hydroxyl groups excluding tert-OH is 1. The Labute approximate surface area is 189 Å². The van der Waals surface area contributed by atoms with Gasteiger partial charge in [-0.3, -0.25) is 14.0 Å². The van der Waals surface area contributed by atoms with Crippen LogP contribution in [0.2, 0.25) is 0 Å². The summed E-state index contributed by atoms with van der Waals surface area (Å²) in [5.74, 6) is 0.731. The van der Waals surface area contributed by atoms with E-state index < -0.39 is 6.10 Å². The number of likely N-dealkylation sites (tertiary alicyclic amines) is 1. The molecule has 0 spiro atoms.